The molecule has 5 heteroatoms. The summed E-state index contributed by atoms with van der Waals surface area (Å²) >= 11 is 6.05. The molecule has 1 aliphatic heterocycles. The lowest BCUT2D eigenvalue weighted by molar-refractivity contribution is -0.156. The molecule has 0 radical (unpaired) electrons. The van der Waals surface area contributed by atoms with E-state index < -0.39 is 6.04 Å². The summed E-state index contributed by atoms with van der Waals surface area (Å²) in [6, 6.07) is 16.7. The first kappa shape index (κ1) is 19.0. The maximum Gasteiger partial charge on any atom is 0.247 e. The van der Waals surface area contributed by atoms with Crippen molar-refractivity contribution in [2.24, 2.45) is 0 Å². The Labute approximate surface area is 170 Å². The predicted octanol–water partition coefficient (Wildman–Crippen LogP) is 4.80. The van der Waals surface area contributed by atoms with Crippen LogP contribution in [0, 0.1) is 0 Å². The highest BCUT2D eigenvalue weighted by molar-refractivity contribution is 6.30. The number of nitrogens with zero attached hydrogens (tertiary/aromatic N) is 1. The van der Waals surface area contributed by atoms with Crippen LogP contribution in [0.4, 0.5) is 0 Å². The molecule has 0 bridgehead atoms. The smallest absolute Gasteiger partial charge is 0.247 e. The van der Waals surface area contributed by atoms with E-state index in [0.717, 1.165) is 36.8 Å². The SMILES string of the molecule is O=C(NC1CCCCC1)C(c1ccc(Cl)cc1)N1C(=O)CC1c1ccccc1. The fraction of sp³-hybridized carbons (Fsp3) is 0.391. The predicted molar refractivity (Wildman–Crippen MR) is 110 cm³/mol. The lowest BCUT2D eigenvalue weighted by Gasteiger charge is -2.45. The molecule has 1 N–H and O–H groups in total. The van der Waals surface area contributed by atoms with Crippen LogP contribution in [0.5, 0.6) is 0 Å². The first-order chi connectivity index (χ1) is 13.6. The fourth-order valence-corrected chi connectivity index (χ4v) is 4.44. The van der Waals surface area contributed by atoms with Gasteiger partial charge in [-0.05, 0) is 36.1 Å². The van der Waals surface area contributed by atoms with Crippen LogP contribution in [0.1, 0.15) is 61.7 Å². The van der Waals surface area contributed by atoms with Gasteiger partial charge in [-0.15, -0.1) is 0 Å². The lowest BCUT2D eigenvalue weighted by Crippen LogP contribution is -2.54. The first-order valence-electron chi connectivity index (χ1n) is 10.1. The van der Waals surface area contributed by atoms with Gasteiger partial charge in [0.15, 0.2) is 0 Å². The third-order valence-corrected chi connectivity index (χ3v) is 6.09. The van der Waals surface area contributed by atoms with Gasteiger partial charge in [-0.1, -0.05) is 73.3 Å². The van der Waals surface area contributed by atoms with Crippen molar-refractivity contribution >= 4 is 23.4 Å². The van der Waals surface area contributed by atoms with Gasteiger partial charge in [0.1, 0.15) is 6.04 Å². The number of nitrogens with one attached hydrogen (secondary N) is 1. The quantitative estimate of drug-likeness (QED) is 0.737. The minimum atomic E-state index is -0.634. The maximum absolute atomic E-state index is 13.3. The van der Waals surface area contributed by atoms with E-state index in [4.69, 9.17) is 11.6 Å². The summed E-state index contributed by atoms with van der Waals surface area (Å²) < 4.78 is 0. The normalized spacial score (nSPS) is 21.1. The molecule has 1 heterocycles. The minimum absolute atomic E-state index is 0.00703. The Hall–Kier alpha value is -2.33. The molecule has 2 unspecified atom stereocenters. The Morgan fingerprint density at radius 2 is 1.68 bits per heavy atom. The second-order valence-corrected chi connectivity index (χ2v) is 8.17. The summed E-state index contributed by atoms with van der Waals surface area (Å²) in [5.41, 5.74) is 1.86. The van der Waals surface area contributed by atoms with Crippen molar-refractivity contribution in [2.45, 2.75) is 56.7 Å². The minimum Gasteiger partial charge on any atom is -0.351 e. The highest BCUT2D eigenvalue weighted by atomic mass is 35.5. The summed E-state index contributed by atoms with van der Waals surface area (Å²) in [5, 5.41) is 3.82. The van der Waals surface area contributed by atoms with Gasteiger partial charge >= 0.3 is 0 Å². The van der Waals surface area contributed by atoms with Gasteiger partial charge in [-0.2, -0.15) is 0 Å². The molecule has 2 atom stereocenters. The third kappa shape index (κ3) is 3.93. The van der Waals surface area contributed by atoms with Crippen LogP contribution < -0.4 is 5.32 Å². The van der Waals surface area contributed by atoms with Gasteiger partial charge in [-0.3, -0.25) is 9.59 Å². The maximum atomic E-state index is 13.3. The van der Waals surface area contributed by atoms with Crippen molar-refractivity contribution < 1.29 is 9.59 Å². The van der Waals surface area contributed by atoms with Gasteiger partial charge in [-0.25, -0.2) is 0 Å². The van der Waals surface area contributed by atoms with Crippen molar-refractivity contribution in [1.29, 1.82) is 0 Å². The lowest BCUT2D eigenvalue weighted by atomic mass is 9.88. The number of amides is 2. The van der Waals surface area contributed by atoms with Gasteiger partial charge in [0, 0.05) is 11.1 Å². The van der Waals surface area contributed by atoms with Crippen LogP contribution in [0.3, 0.4) is 0 Å². The van der Waals surface area contributed by atoms with E-state index in [2.05, 4.69) is 5.32 Å². The fourth-order valence-electron chi connectivity index (χ4n) is 4.32. The van der Waals surface area contributed by atoms with E-state index in [-0.39, 0.29) is 23.9 Å². The van der Waals surface area contributed by atoms with E-state index in [0.29, 0.717) is 11.4 Å². The number of benzene rings is 2. The molecular weight excluding hydrogens is 372 g/mol. The average Bonchev–Trinajstić information content (AvgIpc) is 2.72. The highest BCUT2D eigenvalue weighted by Crippen LogP contribution is 2.41. The number of β-lactam (4-membered cyclic amide) rings is 1. The summed E-state index contributed by atoms with van der Waals surface area (Å²) in [6.45, 7) is 0. The van der Waals surface area contributed by atoms with Crippen molar-refractivity contribution in [1.82, 2.24) is 10.2 Å². The standard InChI is InChI=1S/C23H25ClN2O2/c24-18-13-11-17(12-14-18)22(23(28)25-19-9-5-2-6-10-19)26-20(15-21(26)27)16-7-3-1-4-8-16/h1,3-4,7-8,11-14,19-20,22H,2,5-6,9-10,15H2,(H,25,28). The second kappa shape index (κ2) is 8.36. The van der Waals surface area contributed by atoms with Gasteiger partial charge in [0.25, 0.3) is 0 Å². The van der Waals surface area contributed by atoms with Crippen LogP contribution >= 0.6 is 11.6 Å². The molecule has 1 saturated carbocycles. The second-order valence-electron chi connectivity index (χ2n) is 7.73. The van der Waals surface area contributed by atoms with Crippen LogP contribution in [-0.4, -0.2) is 22.8 Å². The van der Waals surface area contributed by atoms with E-state index in [1.165, 1.54) is 6.42 Å². The van der Waals surface area contributed by atoms with E-state index in [1.54, 1.807) is 17.0 Å². The number of carbonyl (C=O) groups is 2. The molecule has 2 aromatic rings. The topological polar surface area (TPSA) is 49.4 Å². The molecule has 28 heavy (non-hydrogen) atoms. The largest absolute Gasteiger partial charge is 0.351 e. The molecule has 0 spiro atoms. The zero-order valence-corrected chi connectivity index (χ0v) is 16.6. The molecule has 1 aliphatic carbocycles. The Morgan fingerprint density at radius 3 is 2.32 bits per heavy atom. The van der Waals surface area contributed by atoms with E-state index in [9.17, 15) is 9.59 Å². The average molecular weight is 397 g/mol. The monoisotopic (exact) mass is 396 g/mol. The van der Waals surface area contributed by atoms with E-state index in [1.807, 2.05) is 42.5 Å². The third-order valence-electron chi connectivity index (χ3n) is 5.84. The summed E-state index contributed by atoms with van der Waals surface area (Å²) in [5.74, 6) is -0.0872. The molecule has 4 nitrogen and oxygen atoms in total. The van der Waals surface area contributed by atoms with Crippen LogP contribution in [-0.2, 0) is 9.59 Å². The van der Waals surface area contributed by atoms with Gasteiger partial charge in [0.2, 0.25) is 11.8 Å². The number of likely N-dealkylation sites (tertiary alicyclic amines) is 1. The molecule has 2 aliphatic rings. The first-order valence-corrected chi connectivity index (χ1v) is 10.4. The van der Waals surface area contributed by atoms with Gasteiger partial charge < -0.3 is 10.2 Å². The zero-order valence-electron chi connectivity index (χ0n) is 15.8. The number of carbonyl (C=O) groups excluding carboxylic acids is 2. The zero-order chi connectivity index (χ0) is 19.5. The van der Waals surface area contributed by atoms with Crippen LogP contribution in [0.15, 0.2) is 54.6 Å². The summed E-state index contributed by atoms with van der Waals surface area (Å²) in [4.78, 5) is 27.7. The molecule has 2 aromatic carbocycles. The highest BCUT2D eigenvalue weighted by Gasteiger charge is 2.45. The van der Waals surface area contributed by atoms with Gasteiger partial charge in [0.05, 0.1) is 12.5 Å². The number of hydrogen-bond donors (Lipinski definition) is 1. The molecule has 2 amide bonds. The number of halogens is 1. The Bertz CT molecular complexity index is 831. The number of rotatable bonds is 5. The van der Waals surface area contributed by atoms with Crippen molar-refractivity contribution in [3.05, 3.63) is 70.7 Å². The van der Waals surface area contributed by atoms with Crippen molar-refractivity contribution in [3.63, 3.8) is 0 Å². The van der Waals surface area contributed by atoms with Crippen LogP contribution in [0.25, 0.3) is 0 Å². The van der Waals surface area contributed by atoms with Crippen molar-refractivity contribution in [2.75, 3.05) is 0 Å². The molecule has 1 saturated heterocycles. The summed E-state index contributed by atoms with van der Waals surface area (Å²) in [6.07, 6.45) is 5.97. The number of hydrogen-bond acceptors (Lipinski definition) is 2. The molecule has 0 aromatic heterocycles. The molecule has 2 fully saturated rings. The Morgan fingerprint density at radius 1 is 1.00 bits per heavy atom. The molecular formula is C23H25ClN2O2. The van der Waals surface area contributed by atoms with E-state index >= 15 is 0 Å². The Kier molecular flexibility index (Phi) is 5.67. The molecule has 146 valence electrons. The molecule has 4 rings (SSSR count). The Balaban J connectivity index is 1.63. The summed E-state index contributed by atoms with van der Waals surface area (Å²) in [7, 11) is 0. The van der Waals surface area contributed by atoms with Crippen molar-refractivity contribution in [3.8, 4) is 0 Å². The van der Waals surface area contributed by atoms with Crippen LogP contribution in [0.2, 0.25) is 5.02 Å².